The van der Waals surface area contributed by atoms with Crippen LogP contribution in [0.5, 0.6) is 5.75 Å². The van der Waals surface area contributed by atoms with Crippen molar-refractivity contribution in [3.8, 4) is 16.3 Å². The molecule has 7 heteroatoms. The van der Waals surface area contributed by atoms with E-state index < -0.39 is 0 Å². The molecule has 2 unspecified atom stereocenters. The van der Waals surface area contributed by atoms with Gasteiger partial charge >= 0.3 is 0 Å². The zero-order valence-corrected chi connectivity index (χ0v) is 19.8. The fourth-order valence-corrected chi connectivity index (χ4v) is 5.60. The van der Waals surface area contributed by atoms with Gasteiger partial charge < -0.3 is 14.5 Å². The van der Waals surface area contributed by atoms with Crippen molar-refractivity contribution in [3.05, 3.63) is 59.8 Å². The van der Waals surface area contributed by atoms with Gasteiger partial charge in [-0.25, -0.2) is 4.98 Å². The average Bonchev–Trinajstić information content (AvgIpc) is 3.22. The van der Waals surface area contributed by atoms with Gasteiger partial charge in [0, 0.05) is 60.9 Å². The van der Waals surface area contributed by atoms with Crippen LogP contribution in [0.1, 0.15) is 49.8 Å². The molecule has 1 aromatic heterocycles. The van der Waals surface area contributed by atoms with Crippen LogP contribution in [0, 0.1) is 5.92 Å². The first-order valence-electron chi connectivity index (χ1n) is 11.6. The highest BCUT2D eigenvalue weighted by molar-refractivity contribution is 7.13. The van der Waals surface area contributed by atoms with Crippen LogP contribution in [0.25, 0.3) is 10.6 Å². The number of likely N-dealkylation sites (tertiary alicyclic amines) is 2. The molecule has 0 bridgehead atoms. The van der Waals surface area contributed by atoms with Crippen molar-refractivity contribution in [2.45, 2.75) is 51.1 Å². The summed E-state index contributed by atoms with van der Waals surface area (Å²) < 4.78 is 5.97. The third-order valence-corrected chi connectivity index (χ3v) is 7.55. The summed E-state index contributed by atoms with van der Waals surface area (Å²) >= 11 is 1.59. The fourth-order valence-electron chi connectivity index (χ4n) is 4.70. The van der Waals surface area contributed by atoms with Gasteiger partial charge in [-0.15, -0.1) is 11.3 Å². The van der Waals surface area contributed by atoms with Crippen molar-refractivity contribution >= 4 is 23.2 Å². The molecule has 2 amide bonds. The number of carbonyl (C=O) groups excluding carboxylic acids is 2. The quantitative estimate of drug-likeness (QED) is 0.419. The number of ether oxygens (including phenoxy) is 1. The van der Waals surface area contributed by atoms with Crippen molar-refractivity contribution in [2.75, 3.05) is 13.1 Å². The zero-order valence-electron chi connectivity index (χ0n) is 19.0. The number of hydrogen-bond donors (Lipinski definition) is 0. The molecule has 3 heterocycles. The SMILES string of the molecule is C=CC(=C)Oc1cc(-c2nc(C3CC(=O)N(C4CC4)C3)cs2)ccc1CN1CC(C)CC1=O. The minimum atomic E-state index is 0.168. The first kappa shape index (κ1) is 21.9. The van der Waals surface area contributed by atoms with E-state index in [4.69, 9.17) is 9.72 Å². The van der Waals surface area contributed by atoms with E-state index in [1.54, 1.807) is 17.4 Å². The lowest BCUT2D eigenvalue weighted by Gasteiger charge is -2.19. The second-order valence-corrected chi connectivity index (χ2v) is 10.3. The van der Waals surface area contributed by atoms with Crippen molar-refractivity contribution in [1.82, 2.24) is 14.8 Å². The molecule has 5 rings (SSSR count). The Morgan fingerprint density at radius 3 is 2.76 bits per heavy atom. The van der Waals surface area contributed by atoms with E-state index in [0.29, 0.717) is 42.9 Å². The minimum Gasteiger partial charge on any atom is -0.458 e. The Morgan fingerprint density at radius 2 is 2.06 bits per heavy atom. The number of aromatic nitrogens is 1. The predicted octanol–water partition coefficient (Wildman–Crippen LogP) is 4.74. The van der Waals surface area contributed by atoms with Crippen molar-refractivity contribution < 1.29 is 14.3 Å². The molecular formula is C26H29N3O3S. The Morgan fingerprint density at radius 1 is 1.24 bits per heavy atom. The monoisotopic (exact) mass is 463 g/mol. The number of thiazole rings is 1. The summed E-state index contributed by atoms with van der Waals surface area (Å²) in [6.07, 6.45) is 4.98. The molecular weight excluding hydrogens is 434 g/mol. The van der Waals surface area contributed by atoms with Crippen LogP contribution in [0.3, 0.4) is 0 Å². The van der Waals surface area contributed by atoms with E-state index in [1.807, 2.05) is 28.0 Å². The van der Waals surface area contributed by atoms with Crippen LogP contribution in [0.4, 0.5) is 0 Å². The van der Waals surface area contributed by atoms with E-state index in [-0.39, 0.29) is 17.7 Å². The maximum atomic E-state index is 12.4. The van der Waals surface area contributed by atoms with Crippen LogP contribution >= 0.6 is 11.3 Å². The van der Waals surface area contributed by atoms with Crippen LogP contribution in [-0.2, 0) is 16.1 Å². The van der Waals surface area contributed by atoms with Gasteiger partial charge in [0.1, 0.15) is 16.5 Å². The first-order valence-corrected chi connectivity index (χ1v) is 12.4. The van der Waals surface area contributed by atoms with Gasteiger partial charge in [-0.1, -0.05) is 32.2 Å². The summed E-state index contributed by atoms with van der Waals surface area (Å²) in [4.78, 5) is 33.5. The predicted molar refractivity (Wildman–Crippen MR) is 129 cm³/mol. The molecule has 172 valence electrons. The summed E-state index contributed by atoms with van der Waals surface area (Å²) in [7, 11) is 0. The van der Waals surface area contributed by atoms with Crippen molar-refractivity contribution in [2.24, 2.45) is 5.92 Å². The summed E-state index contributed by atoms with van der Waals surface area (Å²) in [6, 6.07) is 6.46. The van der Waals surface area contributed by atoms with Crippen LogP contribution < -0.4 is 4.74 Å². The highest BCUT2D eigenvalue weighted by Crippen LogP contribution is 2.38. The molecule has 2 atom stereocenters. The average molecular weight is 464 g/mol. The molecule has 2 aromatic rings. The smallest absolute Gasteiger partial charge is 0.223 e. The number of hydrogen-bond acceptors (Lipinski definition) is 5. The number of nitrogens with zero attached hydrogens (tertiary/aromatic N) is 3. The summed E-state index contributed by atoms with van der Waals surface area (Å²) in [5, 5.41) is 2.97. The lowest BCUT2D eigenvalue weighted by atomic mass is 10.1. The Bertz CT molecular complexity index is 1120. The molecule has 3 fully saturated rings. The summed E-state index contributed by atoms with van der Waals surface area (Å²) in [5.74, 6) is 2.09. The van der Waals surface area contributed by atoms with Gasteiger partial charge in [-0.3, -0.25) is 9.59 Å². The summed E-state index contributed by atoms with van der Waals surface area (Å²) in [5.41, 5.74) is 2.87. The van der Waals surface area contributed by atoms with Gasteiger partial charge in [-0.05, 0) is 30.9 Å². The molecule has 6 nitrogen and oxygen atoms in total. The van der Waals surface area contributed by atoms with E-state index in [0.717, 1.165) is 47.8 Å². The molecule has 1 saturated carbocycles. The summed E-state index contributed by atoms with van der Waals surface area (Å²) in [6.45, 7) is 11.8. The minimum absolute atomic E-state index is 0.168. The number of allylic oxidation sites excluding steroid dienone is 1. The molecule has 33 heavy (non-hydrogen) atoms. The van der Waals surface area contributed by atoms with Gasteiger partial charge in [-0.2, -0.15) is 0 Å². The van der Waals surface area contributed by atoms with Gasteiger partial charge in [0.2, 0.25) is 11.8 Å². The first-order chi connectivity index (χ1) is 15.9. The standard InChI is InChI=1S/C26H29N3O3S/c1-4-17(3)32-23-10-18(5-6-19(23)13-28-12-16(2)9-24(28)30)26-27-22(15-33-26)20-11-25(31)29(14-20)21-7-8-21/h4-6,10,15-16,20-21H,1,3,7-9,11-14H2,2H3. The van der Waals surface area contributed by atoms with E-state index in [2.05, 4.69) is 25.5 Å². The van der Waals surface area contributed by atoms with Crippen LogP contribution in [0.2, 0.25) is 0 Å². The van der Waals surface area contributed by atoms with Crippen molar-refractivity contribution in [3.63, 3.8) is 0 Å². The van der Waals surface area contributed by atoms with E-state index in [1.165, 1.54) is 0 Å². The molecule has 1 aromatic carbocycles. The van der Waals surface area contributed by atoms with Crippen LogP contribution in [-0.4, -0.2) is 45.7 Å². The molecule has 3 aliphatic rings. The molecule has 2 saturated heterocycles. The van der Waals surface area contributed by atoms with Gasteiger partial charge in [0.25, 0.3) is 0 Å². The highest BCUT2D eigenvalue weighted by atomic mass is 32.1. The Hall–Kier alpha value is -2.93. The maximum Gasteiger partial charge on any atom is 0.223 e. The fraction of sp³-hybridized carbons (Fsp3) is 0.423. The number of rotatable bonds is 8. The van der Waals surface area contributed by atoms with Gasteiger partial charge in [0.05, 0.1) is 5.69 Å². The lowest BCUT2D eigenvalue weighted by Crippen LogP contribution is -2.27. The second kappa shape index (κ2) is 8.78. The Labute approximate surface area is 198 Å². The van der Waals surface area contributed by atoms with E-state index in [9.17, 15) is 9.59 Å². The largest absolute Gasteiger partial charge is 0.458 e. The zero-order chi connectivity index (χ0) is 23.1. The molecule has 0 N–H and O–H groups in total. The van der Waals surface area contributed by atoms with Crippen molar-refractivity contribution in [1.29, 1.82) is 0 Å². The highest BCUT2D eigenvalue weighted by Gasteiger charge is 2.40. The molecule has 0 radical (unpaired) electrons. The molecule has 2 aliphatic heterocycles. The Balaban J connectivity index is 1.37. The maximum absolute atomic E-state index is 12.4. The number of amides is 2. The lowest BCUT2D eigenvalue weighted by molar-refractivity contribution is -0.129. The van der Waals surface area contributed by atoms with Gasteiger partial charge in [0.15, 0.2) is 0 Å². The molecule has 1 aliphatic carbocycles. The normalized spacial score (nSPS) is 22.8. The third-order valence-electron chi connectivity index (χ3n) is 6.64. The Kier molecular flexibility index (Phi) is 5.83. The topological polar surface area (TPSA) is 62.7 Å². The second-order valence-electron chi connectivity index (χ2n) is 9.43. The number of carbonyl (C=O) groups is 2. The van der Waals surface area contributed by atoms with Crippen LogP contribution in [0.15, 0.2) is 48.6 Å². The molecule has 0 spiro atoms. The third kappa shape index (κ3) is 4.60. The number of benzene rings is 1. The van der Waals surface area contributed by atoms with E-state index >= 15 is 0 Å².